The van der Waals surface area contributed by atoms with Crippen LogP contribution in [0.15, 0.2) is 60.7 Å². The summed E-state index contributed by atoms with van der Waals surface area (Å²) in [5.41, 5.74) is 1.57. The minimum Gasteiger partial charge on any atom is -0.489 e. The molecular weight excluding hydrogens is 314 g/mol. The molecule has 0 aromatic heterocycles. The predicted octanol–water partition coefficient (Wildman–Crippen LogP) is 4.48. The van der Waals surface area contributed by atoms with Gasteiger partial charge in [0.05, 0.1) is 6.61 Å². The van der Waals surface area contributed by atoms with Gasteiger partial charge in [0.2, 0.25) is 0 Å². The van der Waals surface area contributed by atoms with Crippen LogP contribution in [0.3, 0.4) is 0 Å². The van der Waals surface area contributed by atoms with Gasteiger partial charge in [-0.05, 0) is 36.3 Å². The van der Waals surface area contributed by atoms with E-state index >= 15 is 0 Å². The van der Waals surface area contributed by atoms with Gasteiger partial charge < -0.3 is 9.47 Å². The predicted molar refractivity (Wildman–Crippen MR) is 87.8 cm³/mol. The maximum absolute atomic E-state index is 13.5. The largest absolute Gasteiger partial charge is 0.489 e. The van der Waals surface area contributed by atoms with E-state index in [0.29, 0.717) is 24.0 Å². The monoisotopic (exact) mass is 332 g/mol. The van der Waals surface area contributed by atoms with Gasteiger partial charge >= 0.3 is 11.9 Å². The number of halogens is 2. The molecule has 126 valence electrons. The van der Waals surface area contributed by atoms with Crippen LogP contribution in [0.25, 0.3) is 6.08 Å². The van der Waals surface area contributed by atoms with E-state index in [-0.39, 0.29) is 6.61 Å². The lowest BCUT2D eigenvalue weighted by Gasteiger charge is -2.10. The van der Waals surface area contributed by atoms with Gasteiger partial charge in [0, 0.05) is 0 Å². The lowest BCUT2D eigenvalue weighted by atomic mass is 10.1. The van der Waals surface area contributed by atoms with Crippen molar-refractivity contribution in [1.29, 1.82) is 0 Å². The first-order chi connectivity index (χ1) is 11.5. The highest BCUT2D eigenvalue weighted by Crippen LogP contribution is 2.20. The summed E-state index contributed by atoms with van der Waals surface area (Å²) in [5.74, 6) is -4.56. The number of esters is 1. The minimum atomic E-state index is -3.64. The van der Waals surface area contributed by atoms with Crippen molar-refractivity contribution >= 4 is 12.0 Å². The Kier molecular flexibility index (Phi) is 6.07. The standard InChI is InChI=1S/C19H18F2O3/c1-2-23-18(22)19(20,21)13-12-15-8-10-17(11-9-15)24-14-16-6-4-3-5-7-16/h3-13H,2,14H2,1H3/b13-12+. The van der Waals surface area contributed by atoms with Crippen LogP contribution < -0.4 is 4.74 Å². The second-order valence-corrected chi connectivity index (χ2v) is 5.02. The number of benzene rings is 2. The number of rotatable bonds is 7. The highest BCUT2D eigenvalue weighted by Gasteiger charge is 2.37. The molecule has 5 heteroatoms. The van der Waals surface area contributed by atoms with E-state index in [2.05, 4.69) is 4.74 Å². The molecule has 2 aromatic rings. The van der Waals surface area contributed by atoms with Crippen molar-refractivity contribution in [3.8, 4) is 5.75 Å². The number of hydrogen-bond acceptors (Lipinski definition) is 3. The third kappa shape index (κ3) is 5.19. The van der Waals surface area contributed by atoms with Gasteiger partial charge in [-0.1, -0.05) is 48.5 Å². The molecule has 0 aliphatic rings. The number of ether oxygens (including phenoxy) is 2. The smallest absolute Gasteiger partial charge is 0.381 e. The maximum Gasteiger partial charge on any atom is 0.381 e. The van der Waals surface area contributed by atoms with Crippen LogP contribution in [0.1, 0.15) is 18.1 Å². The molecule has 0 radical (unpaired) electrons. The Morgan fingerprint density at radius 1 is 1.08 bits per heavy atom. The van der Waals surface area contributed by atoms with E-state index in [1.54, 1.807) is 24.3 Å². The molecule has 0 aliphatic carbocycles. The molecule has 0 fully saturated rings. The first-order valence-corrected chi connectivity index (χ1v) is 7.52. The van der Waals surface area contributed by atoms with E-state index in [9.17, 15) is 13.6 Å². The van der Waals surface area contributed by atoms with Gasteiger partial charge in [0.15, 0.2) is 0 Å². The maximum atomic E-state index is 13.5. The number of hydrogen-bond donors (Lipinski definition) is 0. The third-order valence-corrected chi connectivity index (χ3v) is 3.16. The van der Waals surface area contributed by atoms with Crippen molar-refractivity contribution in [3.63, 3.8) is 0 Å². The average molecular weight is 332 g/mol. The molecular formula is C19H18F2O3. The number of alkyl halides is 2. The fourth-order valence-corrected chi connectivity index (χ4v) is 1.91. The van der Waals surface area contributed by atoms with Gasteiger partial charge in [-0.2, -0.15) is 8.78 Å². The molecule has 24 heavy (non-hydrogen) atoms. The summed E-state index contributed by atoms with van der Waals surface area (Å²) in [6.45, 7) is 1.82. The number of carbonyl (C=O) groups excluding carboxylic acids is 1. The van der Waals surface area contributed by atoms with Crippen LogP contribution in [0.2, 0.25) is 0 Å². The summed E-state index contributed by atoms with van der Waals surface area (Å²) in [5, 5.41) is 0. The van der Waals surface area contributed by atoms with Crippen molar-refractivity contribution in [2.45, 2.75) is 19.5 Å². The summed E-state index contributed by atoms with van der Waals surface area (Å²) in [6, 6.07) is 16.3. The van der Waals surface area contributed by atoms with Crippen LogP contribution in [0.5, 0.6) is 5.75 Å². The van der Waals surface area contributed by atoms with Gasteiger partial charge in [0.25, 0.3) is 0 Å². The van der Waals surface area contributed by atoms with Crippen LogP contribution in [0, 0.1) is 0 Å². The molecule has 3 nitrogen and oxygen atoms in total. The Labute approximate surface area is 139 Å². The van der Waals surface area contributed by atoms with Crippen molar-refractivity contribution in [1.82, 2.24) is 0 Å². The molecule has 0 saturated carbocycles. The molecule has 2 rings (SSSR count). The van der Waals surface area contributed by atoms with Gasteiger partial charge in [-0.25, -0.2) is 4.79 Å². The Bertz CT molecular complexity index is 680. The summed E-state index contributed by atoms with van der Waals surface area (Å²) < 4.78 is 36.9. The highest BCUT2D eigenvalue weighted by molar-refractivity contribution is 5.81. The highest BCUT2D eigenvalue weighted by atomic mass is 19.3. The summed E-state index contributed by atoms with van der Waals surface area (Å²) in [4.78, 5) is 11.1. The van der Waals surface area contributed by atoms with E-state index in [4.69, 9.17) is 4.74 Å². The average Bonchev–Trinajstić information content (AvgIpc) is 2.60. The Balaban J connectivity index is 1.94. The molecule has 0 spiro atoms. The SMILES string of the molecule is CCOC(=O)C(F)(F)/C=C/c1ccc(OCc2ccccc2)cc1. The van der Waals surface area contributed by atoms with Gasteiger partial charge in [0.1, 0.15) is 12.4 Å². The van der Waals surface area contributed by atoms with Crippen molar-refractivity contribution in [2.24, 2.45) is 0 Å². The lowest BCUT2D eigenvalue weighted by molar-refractivity contribution is -0.164. The molecule has 0 amide bonds. The minimum absolute atomic E-state index is 0.0876. The normalized spacial score (nSPS) is 11.5. The molecule has 0 N–H and O–H groups in total. The van der Waals surface area contributed by atoms with Crippen molar-refractivity contribution in [3.05, 3.63) is 71.8 Å². The Hall–Kier alpha value is -2.69. The second kappa shape index (κ2) is 8.24. The zero-order valence-electron chi connectivity index (χ0n) is 13.2. The zero-order chi connectivity index (χ0) is 17.4. The van der Waals surface area contributed by atoms with E-state index < -0.39 is 11.9 Å². The van der Waals surface area contributed by atoms with Crippen LogP contribution in [0.4, 0.5) is 8.78 Å². The summed E-state index contributed by atoms with van der Waals surface area (Å²) in [7, 11) is 0. The first-order valence-electron chi connectivity index (χ1n) is 7.52. The number of carbonyl (C=O) groups is 1. The zero-order valence-corrected chi connectivity index (χ0v) is 13.2. The van der Waals surface area contributed by atoms with Gasteiger partial charge in [-0.15, -0.1) is 0 Å². The molecule has 0 aliphatic heterocycles. The molecule has 0 atom stereocenters. The summed E-state index contributed by atoms with van der Waals surface area (Å²) in [6.07, 6.45) is 1.71. The van der Waals surface area contributed by atoms with E-state index in [1.807, 2.05) is 30.3 Å². The van der Waals surface area contributed by atoms with Crippen LogP contribution in [-0.4, -0.2) is 18.5 Å². The van der Waals surface area contributed by atoms with Gasteiger partial charge in [-0.3, -0.25) is 0 Å². The molecule has 0 saturated heterocycles. The molecule has 0 bridgehead atoms. The Morgan fingerprint density at radius 2 is 1.75 bits per heavy atom. The fourth-order valence-electron chi connectivity index (χ4n) is 1.91. The lowest BCUT2D eigenvalue weighted by Crippen LogP contribution is -2.28. The van der Waals surface area contributed by atoms with Crippen LogP contribution >= 0.6 is 0 Å². The second-order valence-electron chi connectivity index (χ2n) is 5.02. The first kappa shape index (κ1) is 17.7. The molecule has 0 unspecified atom stereocenters. The molecule has 2 aromatic carbocycles. The Morgan fingerprint density at radius 3 is 2.38 bits per heavy atom. The fraction of sp³-hybridized carbons (Fsp3) is 0.211. The van der Waals surface area contributed by atoms with Crippen molar-refractivity contribution < 1.29 is 23.0 Å². The van der Waals surface area contributed by atoms with Crippen LogP contribution in [-0.2, 0) is 16.1 Å². The molecule has 0 heterocycles. The summed E-state index contributed by atoms with van der Waals surface area (Å²) >= 11 is 0. The van der Waals surface area contributed by atoms with E-state index in [1.165, 1.54) is 13.0 Å². The quantitative estimate of drug-likeness (QED) is 0.702. The van der Waals surface area contributed by atoms with Crippen molar-refractivity contribution in [2.75, 3.05) is 6.61 Å². The van der Waals surface area contributed by atoms with E-state index in [0.717, 1.165) is 5.56 Å². The topological polar surface area (TPSA) is 35.5 Å². The third-order valence-electron chi connectivity index (χ3n) is 3.16.